The highest BCUT2D eigenvalue weighted by molar-refractivity contribution is 5.50. The Morgan fingerprint density at radius 2 is 1.83 bits per heavy atom. The molecular weight excluding hydrogens is 368 g/mol. The fraction of sp³-hybridized carbons (Fsp3) is 0.190. The van der Waals surface area contributed by atoms with Crippen molar-refractivity contribution in [2.45, 2.75) is 20.0 Å². The molecule has 0 amide bonds. The van der Waals surface area contributed by atoms with Crippen molar-refractivity contribution >= 4 is 17.4 Å². The fourth-order valence-corrected chi connectivity index (χ4v) is 2.98. The van der Waals surface area contributed by atoms with Crippen molar-refractivity contribution in [1.29, 1.82) is 0 Å². The van der Waals surface area contributed by atoms with Gasteiger partial charge in [0.15, 0.2) is 0 Å². The second-order valence-electron chi connectivity index (χ2n) is 6.66. The number of para-hydroxylation sites is 1. The van der Waals surface area contributed by atoms with Gasteiger partial charge in [0, 0.05) is 18.3 Å². The van der Waals surface area contributed by atoms with E-state index in [0.29, 0.717) is 30.5 Å². The van der Waals surface area contributed by atoms with Crippen LogP contribution in [0.4, 0.5) is 11.6 Å². The van der Waals surface area contributed by atoms with Crippen molar-refractivity contribution in [2.75, 3.05) is 17.7 Å². The number of methoxy groups -OCH3 is 1. The molecule has 2 aromatic heterocycles. The monoisotopic (exact) mass is 390 g/mol. The topological polar surface area (TPSA) is 96.3 Å². The van der Waals surface area contributed by atoms with Gasteiger partial charge in [-0.15, -0.1) is 0 Å². The molecule has 0 bridgehead atoms. The van der Waals surface area contributed by atoms with Crippen LogP contribution in [0.15, 0.2) is 59.4 Å². The van der Waals surface area contributed by atoms with Crippen LogP contribution in [0, 0.1) is 6.92 Å². The average Bonchev–Trinajstić information content (AvgIpc) is 3.16. The molecule has 148 valence electrons. The van der Waals surface area contributed by atoms with Gasteiger partial charge in [-0.2, -0.15) is 9.50 Å². The van der Waals surface area contributed by atoms with Crippen LogP contribution >= 0.6 is 0 Å². The first-order valence-corrected chi connectivity index (χ1v) is 9.27. The first kappa shape index (κ1) is 18.5. The van der Waals surface area contributed by atoms with E-state index in [1.54, 1.807) is 7.11 Å². The number of aryl methyl sites for hydroxylation is 1. The van der Waals surface area contributed by atoms with Gasteiger partial charge in [0.2, 0.25) is 5.95 Å². The Morgan fingerprint density at radius 3 is 2.59 bits per heavy atom. The third-order valence-electron chi connectivity index (χ3n) is 4.61. The third-order valence-corrected chi connectivity index (χ3v) is 4.61. The van der Waals surface area contributed by atoms with Gasteiger partial charge >= 0.3 is 0 Å². The average molecular weight is 390 g/mol. The van der Waals surface area contributed by atoms with E-state index in [1.807, 2.05) is 55.5 Å². The zero-order valence-corrected chi connectivity index (χ0v) is 16.3. The van der Waals surface area contributed by atoms with Crippen LogP contribution in [-0.2, 0) is 13.1 Å². The summed E-state index contributed by atoms with van der Waals surface area (Å²) in [7, 11) is 1.64. The van der Waals surface area contributed by atoms with Gasteiger partial charge in [0.25, 0.3) is 11.3 Å². The van der Waals surface area contributed by atoms with E-state index in [9.17, 15) is 4.79 Å². The molecule has 2 aromatic carbocycles. The van der Waals surface area contributed by atoms with E-state index in [-0.39, 0.29) is 5.56 Å². The van der Waals surface area contributed by atoms with Crippen molar-refractivity contribution in [3.05, 3.63) is 81.8 Å². The number of anilines is 2. The minimum Gasteiger partial charge on any atom is -0.497 e. The maximum atomic E-state index is 12.4. The Morgan fingerprint density at radius 1 is 1.03 bits per heavy atom. The van der Waals surface area contributed by atoms with Crippen LogP contribution in [0.5, 0.6) is 5.75 Å². The summed E-state index contributed by atoms with van der Waals surface area (Å²) in [6.45, 7) is 3.03. The number of ether oxygens (including phenoxy) is 1. The summed E-state index contributed by atoms with van der Waals surface area (Å²) in [4.78, 5) is 21.3. The third kappa shape index (κ3) is 4.21. The number of nitrogens with one attached hydrogen (secondary N) is 3. The molecule has 4 rings (SSSR count). The predicted molar refractivity (Wildman–Crippen MR) is 112 cm³/mol. The quantitative estimate of drug-likeness (QED) is 0.449. The molecule has 0 spiro atoms. The van der Waals surface area contributed by atoms with Gasteiger partial charge in [-0.3, -0.25) is 9.89 Å². The Hall–Kier alpha value is -3.81. The van der Waals surface area contributed by atoms with Crippen LogP contribution in [-0.4, -0.2) is 26.7 Å². The molecule has 0 saturated carbocycles. The van der Waals surface area contributed by atoms with Gasteiger partial charge < -0.3 is 15.4 Å². The number of aromatic amines is 1. The summed E-state index contributed by atoms with van der Waals surface area (Å²) in [6, 6.07) is 17.2. The molecule has 0 aliphatic heterocycles. The highest BCUT2D eigenvalue weighted by atomic mass is 16.5. The van der Waals surface area contributed by atoms with Crippen molar-refractivity contribution < 1.29 is 4.74 Å². The molecule has 0 fully saturated rings. The summed E-state index contributed by atoms with van der Waals surface area (Å²) >= 11 is 0. The summed E-state index contributed by atoms with van der Waals surface area (Å²) in [6.07, 6.45) is 0. The maximum absolute atomic E-state index is 12.4. The largest absolute Gasteiger partial charge is 0.497 e. The van der Waals surface area contributed by atoms with Crippen LogP contribution in [0.3, 0.4) is 0 Å². The lowest BCUT2D eigenvalue weighted by Gasteiger charge is -2.08. The van der Waals surface area contributed by atoms with Crippen LogP contribution < -0.4 is 20.9 Å². The molecule has 0 saturated heterocycles. The van der Waals surface area contributed by atoms with E-state index < -0.39 is 0 Å². The lowest BCUT2D eigenvalue weighted by Crippen LogP contribution is -2.17. The molecule has 0 radical (unpaired) electrons. The predicted octanol–water partition coefficient (Wildman–Crippen LogP) is 2.96. The van der Waals surface area contributed by atoms with Crippen molar-refractivity contribution in [3.8, 4) is 5.75 Å². The first-order chi connectivity index (χ1) is 14.1. The SMILES string of the molecule is COc1ccc(CNc2nc3nc(CNc4ccccc4C)cc(=O)n3[nH]2)cc1. The molecule has 8 nitrogen and oxygen atoms in total. The van der Waals surface area contributed by atoms with E-state index in [2.05, 4.69) is 25.7 Å². The van der Waals surface area contributed by atoms with Crippen LogP contribution in [0.1, 0.15) is 16.8 Å². The second kappa shape index (κ2) is 8.05. The normalized spacial score (nSPS) is 10.8. The van der Waals surface area contributed by atoms with Crippen molar-refractivity contribution in [2.24, 2.45) is 0 Å². The summed E-state index contributed by atoms with van der Waals surface area (Å²) in [5.74, 6) is 1.62. The molecule has 0 aliphatic rings. The smallest absolute Gasteiger partial charge is 0.274 e. The maximum Gasteiger partial charge on any atom is 0.274 e. The molecule has 0 atom stereocenters. The lowest BCUT2D eigenvalue weighted by atomic mass is 10.2. The van der Waals surface area contributed by atoms with E-state index in [1.165, 1.54) is 10.6 Å². The van der Waals surface area contributed by atoms with Gasteiger partial charge in [-0.25, -0.2) is 4.98 Å². The van der Waals surface area contributed by atoms with Crippen molar-refractivity contribution in [1.82, 2.24) is 19.6 Å². The van der Waals surface area contributed by atoms with Crippen LogP contribution in [0.2, 0.25) is 0 Å². The molecule has 2 heterocycles. The summed E-state index contributed by atoms with van der Waals surface area (Å²) in [5.41, 5.74) is 3.64. The molecule has 3 N–H and O–H groups in total. The van der Waals surface area contributed by atoms with Gasteiger partial charge in [0.1, 0.15) is 5.75 Å². The molecule has 4 aromatic rings. The highest BCUT2D eigenvalue weighted by Crippen LogP contribution is 2.14. The molecule has 8 heteroatoms. The Bertz CT molecular complexity index is 1180. The summed E-state index contributed by atoms with van der Waals surface area (Å²) < 4.78 is 6.49. The number of nitrogens with zero attached hydrogens (tertiary/aromatic N) is 3. The Balaban J connectivity index is 1.47. The van der Waals surface area contributed by atoms with Gasteiger partial charge in [0.05, 0.1) is 19.3 Å². The number of benzene rings is 2. The number of rotatable bonds is 7. The zero-order valence-electron chi connectivity index (χ0n) is 16.3. The number of hydrogen-bond acceptors (Lipinski definition) is 6. The number of aromatic nitrogens is 4. The summed E-state index contributed by atoms with van der Waals surface area (Å²) in [5, 5.41) is 9.43. The minimum absolute atomic E-state index is 0.207. The first-order valence-electron chi connectivity index (χ1n) is 9.27. The molecule has 0 aliphatic carbocycles. The second-order valence-corrected chi connectivity index (χ2v) is 6.66. The molecule has 29 heavy (non-hydrogen) atoms. The fourth-order valence-electron chi connectivity index (χ4n) is 2.98. The number of hydrogen-bond donors (Lipinski definition) is 3. The van der Waals surface area contributed by atoms with E-state index in [0.717, 1.165) is 22.6 Å². The van der Waals surface area contributed by atoms with Gasteiger partial charge in [-0.05, 0) is 36.2 Å². The highest BCUT2D eigenvalue weighted by Gasteiger charge is 2.08. The van der Waals surface area contributed by atoms with Gasteiger partial charge in [-0.1, -0.05) is 30.3 Å². The van der Waals surface area contributed by atoms with Crippen LogP contribution in [0.25, 0.3) is 5.78 Å². The molecule has 0 unspecified atom stereocenters. The number of fused-ring (bicyclic) bond motifs is 1. The van der Waals surface area contributed by atoms with E-state index >= 15 is 0 Å². The minimum atomic E-state index is -0.207. The van der Waals surface area contributed by atoms with E-state index in [4.69, 9.17) is 4.74 Å². The number of H-pyrrole nitrogens is 1. The van der Waals surface area contributed by atoms with Crippen molar-refractivity contribution in [3.63, 3.8) is 0 Å². The zero-order chi connectivity index (χ0) is 20.2. The molecular formula is C21H22N6O2. The Kier molecular flexibility index (Phi) is 5.15. The lowest BCUT2D eigenvalue weighted by molar-refractivity contribution is 0.414. The Labute approximate surface area is 167 Å². The standard InChI is InChI=1S/C21H22N6O2/c1-14-5-3-4-6-18(14)22-13-16-11-19(28)27-21(24-16)25-20(26-27)23-12-15-7-9-17(29-2)10-8-15/h3-11,22H,12-13H2,1-2H3,(H2,23,24,25,26).